The standard InChI is InChI=1S/C22H24N4O2/c27-21(25-16-14-24(15-17-25)19-9-11-23-12-10-19)8-5-18-3-6-20(7-4-18)26-13-1-2-22(26)28/h3-12H,1-2,13-17H2/b8-5+. The fourth-order valence-electron chi connectivity index (χ4n) is 3.70. The maximum atomic E-state index is 12.5. The molecule has 0 aliphatic carbocycles. The summed E-state index contributed by atoms with van der Waals surface area (Å²) in [4.78, 5) is 34.3. The van der Waals surface area contributed by atoms with E-state index in [0.29, 0.717) is 19.5 Å². The summed E-state index contributed by atoms with van der Waals surface area (Å²) in [5.41, 5.74) is 3.03. The van der Waals surface area contributed by atoms with Gasteiger partial charge in [0, 0.05) is 69.0 Å². The molecule has 2 saturated heterocycles. The molecule has 28 heavy (non-hydrogen) atoms. The highest BCUT2D eigenvalue weighted by molar-refractivity contribution is 5.95. The molecule has 6 nitrogen and oxygen atoms in total. The fourth-order valence-corrected chi connectivity index (χ4v) is 3.70. The lowest BCUT2D eigenvalue weighted by atomic mass is 10.1. The molecule has 144 valence electrons. The van der Waals surface area contributed by atoms with Gasteiger partial charge in [-0.1, -0.05) is 12.1 Å². The predicted molar refractivity (Wildman–Crippen MR) is 110 cm³/mol. The van der Waals surface area contributed by atoms with Crippen LogP contribution in [0.2, 0.25) is 0 Å². The zero-order valence-corrected chi connectivity index (χ0v) is 15.8. The second-order valence-corrected chi connectivity index (χ2v) is 7.09. The van der Waals surface area contributed by atoms with Gasteiger partial charge in [0.2, 0.25) is 11.8 Å². The largest absolute Gasteiger partial charge is 0.368 e. The minimum absolute atomic E-state index is 0.0353. The molecular weight excluding hydrogens is 352 g/mol. The average Bonchev–Trinajstić information content (AvgIpc) is 3.19. The van der Waals surface area contributed by atoms with Gasteiger partial charge in [-0.25, -0.2) is 0 Å². The van der Waals surface area contributed by atoms with Crippen LogP contribution in [0.1, 0.15) is 18.4 Å². The molecular formula is C22H24N4O2. The Bertz CT molecular complexity index is 856. The summed E-state index contributed by atoms with van der Waals surface area (Å²) in [5, 5.41) is 0. The number of hydrogen-bond acceptors (Lipinski definition) is 4. The van der Waals surface area contributed by atoms with E-state index in [9.17, 15) is 9.59 Å². The molecule has 0 bridgehead atoms. The molecule has 0 radical (unpaired) electrons. The second kappa shape index (κ2) is 8.25. The topological polar surface area (TPSA) is 56.8 Å². The van der Waals surface area contributed by atoms with Gasteiger partial charge < -0.3 is 14.7 Å². The number of aromatic nitrogens is 1. The zero-order valence-electron chi connectivity index (χ0n) is 15.8. The van der Waals surface area contributed by atoms with Crippen LogP contribution >= 0.6 is 0 Å². The van der Waals surface area contributed by atoms with E-state index in [1.807, 2.05) is 52.3 Å². The van der Waals surface area contributed by atoms with Crippen molar-refractivity contribution in [2.75, 3.05) is 42.5 Å². The molecule has 0 saturated carbocycles. The summed E-state index contributed by atoms with van der Waals surface area (Å²) in [6.45, 7) is 3.85. The number of pyridine rings is 1. The van der Waals surface area contributed by atoms with Gasteiger partial charge in [0.05, 0.1) is 0 Å². The number of rotatable bonds is 4. The minimum Gasteiger partial charge on any atom is -0.368 e. The van der Waals surface area contributed by atoms with Crippen molar-refractivity contribution < 1.29 is 9.59 Å². The Hall–Kier alpha value is -3.15. The molecule has 1 aromatic heterocycles. The quantitative estimate of drug-likeness (QED) is 0.770. The van der Waals surface area contributed by atoms with E-state index < -0.39 is 0 Å². The van der Waals surface area contributed by atoms with Crippen molar-refractivity contribution >= 4 is 29.3 Å². The molecule has 2 amide bonds. The molecule has 3 heterocycles. The van der Waals surface area contributed by atoms with E-state index in [1.54, 1.807) is 18.5 Å². The molecule has 0 unspecified atom stereocenters. The third kappa shape index (κ3) is 4.06. The van der Waals surface area contributed by atoms with Gasteiger partial charge in [-0.2, -0.15) is 0 Å². The maximum absolute atomic E-state index is 12.5. The summed E-state index contributed by atoms with van der Waals surface area (Å²) < 4.78 is 0. The molecule has 2 aliphatic rings. The first-order chi connectivity index (χ1) is 13.7. The van der Waals surface area contributed by atoms with Crippen LogP contribution in [0, 0.1) is 0 Å². The predicted octanol–water partition coefficient (Wildman–Crippen LogP) is 2.57. The van der Waals surface area contributed by atoms with E-state index in [-0.39, 0.29) is 11.8 Å². The normalized spacial score (nSPS) is 17.6. The number of nitrogens with zero attached hydrogens (tertiary/aromatic N) is 4. The van der Waals surface area contributed by atoms with Crippen LogP contribution in [0.4, 0.5) is 11.4 Å². The van der Waals surface area contributed by atoms with Crippen molar-refractivity contribution in [1.82, 2.24) is 9.88 Å². The number of amides is 2. The van der Waals surface area contributed by atoms with E-state index in [0.717, 1.165) is 43.0 Å². The number of anilines is 2. The Balaban J connectivity index is 1.31. The van der Waals surface area contributed by atoms with Crippen LogP contribution < -0.4 is 9.80 Å². The molecule has 0 spiro atoms. The fraction of sp³-hybridized carbons (Fsp3) is 0.318. The van der Waals surface area contributed by atoms with Gasteiger partial charge in [-0.3, -0.25) is 14.6 Å². The molecule has 0 N–H and O–H groups in total. The Kier molecular flexibility index (Phi) is 5.37. The zero-order chi connectivity index (χ0) is 19.3. The highest BCUT2D eigenvalue weighted by Gasteiger charge is 2.21. The SMILES string of the molecule is O=C(/C=C/c1ccc(N2CCCC2=O)cc1)N1CCN(c2ccncc2)CC1. The molecule has 2 aliphatic heterocycles. The summed E-state index contributed by atoms with van der Waals surface area (Å²) in [5.74, 6) is 0.220. The van der Waals surface area contributed by atoms with E-state index >= 15 is 0 Å². The van der Waals surface area contributed by atoms with Crippen LogP contribution in [-0.4, -0.2) is 54.4 Å². The monoisotopic (exact) mass is 376 g/mol. The van der Waals surface area contributed by atoms with Crippen LogP contribution in [0.5, 0.6) is 0 Å². The Morgan fingerprint density at radius 2 is 1.61 bits per heavy atom. The summed E-state index contributed by atoms with van der Waals surface area (Å²) in [6.07, 6.45) is 8.61. The van der Waals surface area contributed by atoms with Crippen LogP contribution in [0.3, 0.4) is 0 Å². The second-order valence-electron chi connectivity index (χ2n) is 7.09. The molecule has 2 fully saturated rings. The molecule has 0 atom stereocenters. The summed E-state index contributed by atoms with van der Waals surface area (Å²) >= 11 is 0. The van der Waals surface area contributed by atoms with Gasteiger partial charge in [-0.05, 0) is 42.3 Å². The van der Waals surface area contributed by atoms with Gasteiger partial charge in [0.1, 0.15) is 0 Å². The highest BCUT2D eigenvalue weighted by Crippen LogP contribution is 2.22. The summed E-state index contributed by atoms with van der Waals surface area (Å²) in [6, 6.07) is 11.8. The van der Waals surface area contributed by atoms with Gasteiger partial charge in [-0.15, -0.1) is 0 Å². The van der Waals surface area contributed by atoms with E-state index in [4.69, 9.17) is 0 Å². The third-order valence-electron chi connectivity index (χ3n) is 5.32. The number of benzene rings is 1. The average molecular weight is 376 g/mol. The molecule has 1 aromatic carbocycles. The number of hydrogen-bond donors (Lipinski definition) is 0. The Labute approximate surface area is 165 Å². The minimum atomic E-state index is 0.0353. The lowest BCUT2D eigenvalue weighted by Crippen LogP contribution is -2.48. The Morgan fingerprint density at radius 1 is 0.893 bits per heavy atom. The van der Waals surface area contributed by atoms with Crippen molar-refractivity contribution in [3.63, 3.8) is 0 Å². The van der Waals surface area contributed by atoms with Crippen LogP contribution in [-0.2, 0) is 9.59 Å². The first-order valence-corrected chi connectivity index (χ1v) is 9.73. The smallest absolute Gasteiger partial charge is 0.246 e. The highest BCUT2D eigenvalue weighted by atomic mass is 16.2. The molecule has 2 aromatic rings. The first-order valence-electron chi connectivity index (χ1n) is 9.73. The van der Waals surface area contributed by atoms with Crippen LogP contribution in [0.15, 0.2) is 54.9 Å². The van der Waals surface area contributed by atoms with Crippen molar-refractivity contribution in [3.05, 3.63) is 60.4 Å². The van der Waals surface area contributed by atoms with Gasteiger partial charge >= 0.3 is 0 Å². The van der Waals surface area contributed by atoms with Crippen molar-refractivity contribution in [2.24, 2.45) is 0 Å². The molecule has 6 heteroatoms. The van der Waals surface area contributed by atoms with Crippen LogP contribution in [0.25, 0.3) is 6.08 Å². The number of carbonyl (C=O) groups excluding carboxylic acids is 2. The van der Waals surface area contributed by atoms with Crippen molar-refractivity contribution in [1.29, 1.82) is 0 Å². The van der Waals surface area contributed by atoms with E-state index in [2.05, 4.69) is 9.88 Å². The Morgan fingerprint density at radius 3 is 2.25 bits per heavy atom. The van der Waals surface area contributed by atoms with Gasteiger partial charge in [0.15, 0.2) is 0 Å². The lowest BCUT2D eigenvalue weighted by Gasteiger charge is -2.35. The lowest BCUT2D eigenvalue weighted by molar-refractivity contribution is -0.126. The maximum Gasteiger partial charge on any atom is 0.246 e. The van der Waals surface area contributed by atoms with Crippen molar-refractivity contribution in [3.8, 4) is 0 Å². The number of piperazine rings is 1. The first kappa shape index (κ1) is 18.2. The van der Waals surface area contributed by atoms with Crippen molar-refractivity contribution in [2.45, 2.75) is 12.8 Å². The third-order valence-corrected chi connectivity index (χ3v) is 5.32. The number of carbonyl (C=O) groups is 2. The summed E-state index contributed by atoms with van der Waals surface area (Å²) in [7, 11) is 0. The van der Waals surface area contributed by atoms with E-state index in [1.165, 1.54) is 0 Å². The van der Waals surface area contributed by atoms with Gasteiger partial charge in [0.25, 0.3) is 0 Å². The molecule has 4 rings (SSSR count).